The number of rotatable bonds is 2. The number of nitrogens with zero attached hydrogens (tertiary/aromatic N) is 2. The normalized spacial score (nSPS) is 24.9. The first kappa shape index (κ1) is 19.2. The fourth-order valence-electron chi connectivity index (χ4n) is 3.37. The van der Waals surface area contributed by atoms with E-state index in [1.807, 2.05) is 0 Å². The third kappa shape index (κ3) is 3.25. The average molecular weight is 385 g/mol. The van der Waals surface area contributed by atoms with Gasteiger partial charge in [0.25, 0.3) is 5.72 Å². The van der Waals surface area contributed by atoms with Crippen LogP contribution >= 0.6 is 0 Å². The lowest BCUT2D eigenvalue weighted by Gasteiger charge is -2.37. The van der Waals surface area contributed by atoms with Crippen LogP contribution in [0.2, 0.25) is 0 Å². The molecule has 2 aliphatic rings. The molecule has 146 valence electrons. The maximum absolute atomic E-state index is 13.6. The predicted octanol–water partition coefficient (Wildman–Crippen LogP) is 2.27. The highest BCUT2D eigenvalue weighted by Crippen LogP contribution is 2.48. The second-order valence-electron chi connectivity index (χ2n) is 6.41. The van der Waals surface area contributed by atoms with Crippen molar-refractivity contribution in [3.63, 3.8) is 0 Å². The number of ether oxygens (including phenoxy) is 1. The van der Waals surface area contributed by atoms with Gasteiger partial charge in [-0.15, -0.1) is 0 Å². The summed E-state index contributed by atoms with van der Waals surface area (Å²) >= 11 is 0. The van der Waals surface area contributed by atoms with Gasteiger partial charge < -0.3 is 15.2 Å². The molecule has 0 aromatic heterocycles. The van der Waals surface area contributed by atoms with E-state index in [0.29, 0.717) is 18.6 Å². The molecule has 1 saturated carbocycles. The fourth-order valence-corrected chi connectivity index (χ4v) is 3.37. The predicted molar refractivity (Wildman–Crippen MR) is 88.9 cm³/mol. The summed E-state index contributed by atoms with van der Waals surface area (Å²) in [6.07, 6.45) is -3.78. The summed E-state index contributed by atoms with van der Waals surface area (Å²) in [5.41, 5.74) is -3.24. The lowest BCUT2D eigenvalue weighted by Crippen LogP contribution is -2.62. The minimum Gasteiger partial charge on any atom is -0.497 e. The Labute approximate surface area is 152 Å². The number of fused-ring (bicyclic) bond motifs is 1. The first-order chi connectivity index (χ1) is 12.7. The van der Waals surface area contributed by atoms with E-state index in [1.165, 1.54) is 31.4 Å². The molecule has 2 amide bonds. The third-order valence-electron chi connectivity index (χ3n) is 4.77. The maximum Gasteiger partial charge on any atom is 0.439 e. The van der Waals surface area contributed by atoms with Crippen molar-refractivity contribution < 1.29 is 32.6 Å². The summed E-state index contributed by atoms with van der Waals surface area (Å²) in [6, 6.07) is 5.87. The highest BCUT2D eigenvalue weighted by molar-refractivity contribution is 6.39. The van der Waals surface area contributed by atoms with Crippen molar-refractivity contribution in [3.8, 4) is 5.75 Å². The van der Waals surface area contributed by atoms with Gasteiger partial charge in [0.2, 0.25) is 0 Å². The zero-order valence-corrected chi connectivity index (χ0v) is 14.4. The zero-order valence-electron chi connectivity index (χ0n) is 14.4. The van der Waals surface area contributed by atoms with Gasteiger partial charge in [-0.1, -0.05) is 6.42 Å². The molecule has 2 N–H and O–H groups in total. The van der Waals surface area contributed by atoms with Crippen LogP contribution in [0.5, 0.6) is 5.75 Å². The molecular formula is C17H18F3N3O4. The van der Waals surface area contributed by atoms with Crippen molar-refractivity contribution in [1.82, 2.24) is 5.01 Å². The standard InChI is InChI=1S/C17H18F3N3O4/c1-27-11-8-6-10(7-9-11)21-14(24)15(25)23-16(26,17(18,19)20)12-4-2-3-5-13(12)22-23/h6-9,12,26H,2-5H2,1H3,(H,21,24)/t12-,16-/m0/s1. The number of amides is 2. The van der Waals surface area contributed by atoms with Gasteiger partial charge >= 0.3 is 18.0 Å². The topological polar surface area (TPSA) is 91.2 Å². The maximum atomic E-state index is 13.6. The number of benzene rings is 1. The van der Waals surface area contributed by atoms with Crippen molar-refractivity contribution in [2.75, 3.05) is 12.4 Å². The Morgan fingerprint density at radius 2 is 1.96 bits per heavy atom. The van der Waals surface area contributed by atoms with Crippen molar-refractivity contribution >= 4 is 23.2 Å². The van der Waals surface area contributed by atoms with E-state index in [0.717, 1.165) is 0 Å². The minimum absolute atomic E-state index is 0.0404. The summed E-state index contributed by atoms with van der Waals surface area (Å²) in [5.74, 6) is -3.76. The van der Waals surface area contributed by atoms with E-state index >= 15 is 0 Å². The van der Waals surface area contributed by atoms with Crippen LogP contribution in [0, 0.1) is 5.92 Å². The molecule has 7 nitrogen and oxygen atoms in total. The number of halogens is 3. The molecule has 0 saturated heterocycles. The monoisotopic (exact) mass is 385 g/mol. The molecule has 1 aromatic rings. The van der Waals surface area contributed by atoms with Gasteiger partial charge in [0.1, 0.15) is 5.75 Å². The molecule has 2 atom stereocenters. The van der Waals surface area contributed by atoms with Crippen LogP contribution < -0.4 is 10.1 Å². The molecule has 0 radical (unpaired) electrons. The van der Waals surface area contributed by atoms with Crippen LogP contribution in [0.3, 0.4) is 0 Å². The number of alkyl halides is 3. The molecule has 1 aliphatic heterocycles. The van der Waals surface area contributed by atoms with Crippen molar-refractivity contribution in [3.05, 3.63) is 24.3 Å². The van der Waals surface area contributed by atoms with Crippen molar-refractivity contribution in [2.45, 2.75) is 37.6 Å². The number of aliphatic hydroxyl groups is 1. The Bertz CT molecular complexity index is 779. The first-order valence-electron chi connectivity index (χ1n) is 8.34. The van der Waals surface area contributed by atoms with E-state index in [4.69, 9.17) is 4.74 Å². The molecule has 0 unspecified atom stereocenters. The molecule has 0 spiro atoms. The first-order valence-corrected chi connectivity index (χ1v) is 8.34. The summed E-state index contributed by atoms with van der Waals surface area (Å²) in [7, 11) is 1.45. The van der Waals surface area contributed by atoms with E-state index < -0.39 is 29.6 Å². The number of hydrogen-bond acceptors (Lipinski definition) is 5. The van der Waals surface area contributed by atoms with Gasteiger partial charge in [0, 0.05) is 11.4 Å². The number of hydrogen-bond donors (Lipinski definition) is 2. The van der Waals surface area contributed by atoms with E-state index in [1.54, 1.807) is 0 Å². The SMILES string of the molecule is COc1ccc(NC(=O)C(=O)N2N=C3CCCC[C@@H]3[C@]2(O)C(F)(F)F)cc1. The Balaban J connectivity index is 1.84. The Morgan fingerprint density at radius 3 is 2.56 bits per heavy atom. The summed E-state index contributed by atoms with van der Waals surface area (Å²) in [5, 5.41) is 16.2. The quantitative estimate of drug-likeness (QED) is 0.764. The number of hydrazone groups is 1. The second-order valence-corrected chi connectivity index (χ2v) is 6.41. The Hall–Kier alpha value is -2.62. The summed E-state index contributed by atoms with van der Waals surface area (Å²) in [4.78, 5) is 24.6. The molecule has 27 heavy (non-hydrogen) atoms. The molecule has 1 fully saturated rings. The molecular weight excluding hydrogens is 367 g/mol. The third-order valence-corrected chi connectivity index (χ3v) is 4.77. The Kier molecular flexibility index (Phi) is 4.85. The molecule has 1 aliphatic carbocycles. The number of anilines is 1. The van der Waals surface area contributed by atoms with E-state index in [2.05, 4.69) is 10.4 Å². The second kappa shape index (κ2) is 6.84. The lowest BCUT2D eigenvalue weighted by atomic mass is 9.80. The average Bonchev–Trinajstić information content (AvgIpc) is 2.96. The number of nitrogens with one attached hydrogen (secondary N) is 1. The molecule has 0 bridgehead atoms. The van der Waals surface area contributed by atoms with Gasteiger partial charge in [-0.3, -0.25) is 9.59 Å². The fraction of sp³-hybridized carbons (Fsp3) is 0.471. The summed E-state index contributed by atoms with van der Waals surface area (Å²) < 4.78 is 45.9. The van der Waals surface area contributed by atoms with Crippen LogP contribution in [0.25, 0.3) is 0 Å². The van der Waals surface area contributed by atoms with Crippen LogP contribution in [0.15, 0.2) is 29.4 Å². The highest BCUT2D eigenvalue weighted by atomic mass is 19.4. The van der Waals surface area contributed by atoms with Gasteiger partial charge in [-0.2, -0.15) is 23.3 Å². The minimum atomic E-state index is -5.16. The number of methoxy groups -OCH3 is 1. The highest BCUT2D eigenvalue weighted by Gasteiger charge is 2.69. The molecule has 10 heteroatoms. The van der Waals surface area contributed by atoms with Gasteiger partial charge in [0.15, 0.2) is 0 Å². The van der Waals surface area contributed by atoms with E-state index in [-0.39, 0.29) is 29.2 Å². The van der Waals surface area contributed by atoms with E-state index in [9.17, 15) is 27.9 Å². The smallest absolute Gasteiger partial charge is 0.439 e. The summed E-state index contributed by atoms with van der Waals surface area (Å²) in [6.45, 7) is 0. The lowest BCUT2D eigenvalue weighted by molar-refractivity contribution is -0.316. The molecule has 1 aromatic carbocycles. The number of carbonyl (C=O) groups excluding carboxylic acids is 2. The Morgan fingerprint density at radius 1 is 1.30 bits per heavy atom. The van der Waals surface area contributed by atoms with Gasteiger partial charge in [-0.25, -0.2) is 0 Å². The largest absolute Gasteiger partial charge is 0.497 e. The van der Waals surface area contributed by atoms with Crippen LogP contribution in [0.4, 0.5) is 18.9 Å². The molecule has 1 heterocycles. The van der Waals surface area contributed by atoms with Crippen LogP contribution in [-0.4, -0.2) is 46.7 Å². The van der Waals surface area contributed by atoms with Gasteiger partial charge in [-0.05, 0) is 43.5 Å². The van der Waals surface area contributed by atoms with Crippen LogP contribution in [0.1, 0.15) is 25.7 Å². The van der Waals surface area contributed by atoms with Crippen molar-refractivity contribution in [1.29, 1.82) is 0 Å². The number of carbonyl (C=O) groups is 2. The zero-order chi connectivity index (χ0) is 19.8. The molecule has 3 rings (SSSR count). The van der Waals surface area contributed by atoms with Crippen LogP contribution in [-0.2, 0) is 9.59 Å². The van der Waals surface area contributed by atoms with Gasteiger partial charge in [0.05, 0.1) is 13.0 Å². The van der Waals surface area contributed by atoms with Crippen molar-refractivity contribution in [2.24, 2.45) is 11.0 Å².